The average Bonchev–Trinajstić information content (AvgIpc) is 2.82. The maximum absolute atomic E-state index is 12.1. The number of hydrogen-bond acceptors (Lipinski definition) is 5. The predicted molar refractivity (Wildman–Crippen MR) is 79.5 cm³/mol. The van der Waals surface area contributed by atoms with Crippen LogP contribution in [0, 0.1) is 5.92 Å². The van der Waals surface area contributed by atoms with E-state index in [9.17, 15) is 9.59 Å². The number of hydrogen-bond donors (Lipinski definition) is 2. The highest BCUT2D eigenvalue weighted by atomic mass is 32.1. The van der Waals surface area contributed by atoms with Gasteiger partial charge in [-0.25, -0.2) is 4.79 Å². The number of thiophene rings is 1. The molecule has 0 aliphatic heterocycles. The molecule has 1 atom stereocenters. The molecule has 1 aromatic heterocycles. The number of nitrogens with two attached hydrogens (primary N) is 1. The smallest absolute Gasteiger partial charge is 0.350 e. The van der Waals surface area contributed by atoms with Gasteiger partial charge in [0.2, 0.25) is 5.91 Å². The minimum Gasteiger partial charge on any atom is -0.465 e. The Morgan fingerprint density at radius 1 is 1.58 bits per heavy atom. The Kier molecular flexibility index (Phi) is 5.91. The van der Waals surface area contributed by atoms with E-state index in [1.54, 1.807) is 11.4 Å². The van der Waals surface area contributed by atoms with Crippen molar-refractivity contribution in [2.45, 2.75) is 19.8 Å². The second-order valence-electron chi connectivity index (χ2n) is 3.89. The van der Waals surface area contributed by atoms with E-state index in [0.29, 0.717) is 17.0 Å². The number of amides is 1. The Labute approximate surface area is 121 Å². The standard InChI is InChI=1S/C12H16N2O3S2/c1-3-4-7(10(13)18)11(15)14-8-5-6-19-9(8)12(16)17-2/h5-7H,3-4H2,1-2H3,(H2,13,18)(H,14,15). The minimum absolute atomic E-state index is 0.161. The second kappa shape index (κ2) is 7.20. The number of thiocarbonyl (C=S) groups is 1. The summed E-state index contributed by atoms with van der Waals surface area (Å²) in [5, 5.41) is 4.38. The zero-order valence-electron chi connectivity index (χ0n) is 10.8. The van der Waals surface area contributed by atoms with Crippen LogP contribution in [0.3, 0.4) is 0 Å². The molecule has 3 N–H and O–H groups in total. The molecule has 7 heteroatoms. The summed E-state index contributed by atoms with van der Waals surface area (Å²) < 4.78 is 4.64. The third-order valence-electron chi connectivity index (χ3n) is 2.53. The van der Waals surface area contributed by atoms with Crippen LogP contribution in [0.1, 0.15) is 29.4 Å². The van der Waals surface area contributed by atoms with Crippen LogP contribution in [-0.4, -0.2) is 24.0 Å². The normalized spacial score (nSPS) is 11.7. The molecule has 0 radical (unpaired) electrons. The van der Waals surface area contributed by atoms with Crippen molar-refractivity contribution in [2.75, 3.05) is 12.4 Å². The highest BCUT2D eigenvalue weighted by Crippen LogP contribution is 2.24. The van der Waals surface area contributed by atoms with Crippen LogP contribution < -0.4 is 11.1 Å². The molecular formula is C12H16N2O3S2. The predicted octanol–water partition coefficient (Wildman–Crippen LogP) is 2.18. The molecular weight excluding hydrogens is 284 g/mol. The maximum atomic E-state index is 12.1. The summed E-state index contributed by atoms with van der Waals surface area (Å²) in [7, 11) is 1.29. The Bertz CT molecular complexity index is 485. The Hall–Kier alpha value is -1.47. The fraction of sp³-hybridized carbons (Fsp3) is 0.417. The molecule has 5 nitrogen and oxygen atoms in total. The van der Waals surface area contributed by atoms with Crippen molar-refractivity contribution in [1.82, 2.24) is 0 Å². The van der Waals surface area contributed by atoms with E-state index in [1.807, 2.05) is 6.92 Å². The molecule has 0 aromatic carbocycles. The molecule has 0 saturated carbocycles. The third-order valence-corrected chi connectivity index (χ3v) is 3.71. The van der Waals surface area contributed by atoms with Gasteiger partial charge in [-0.3, -0.25) is 4.79 Å². The first kappa shape index (κ1) is 15.6. The van der Waals surface area contributed by atoms with E-state index >= 15 is 0 Å². The lowest BCUT2D eigenvalue weighted by molar-refractivity contribution is -0.118. The quantitative estimate of drug-likeness (QED) is 0.621. The second-order valence-corrected chi connectivity index (χ2v) is 5.28. The van der Waals surface area contributed by atoms with Crippen molar-refractivity contribution < 1.29 is 14.3 Å². The van der Waals surface area contributed by atoms with Gasteiger partial charge in [-0.05, 0) is 17.9 Å². The summed E-state index contributed by atoms with van der Waals surface area (Å²) in [5.41, 5.74) is 5.99. The first-order valence-electron chi connectivity index (χ1n) is 5.77. The van der Waals surface area contributed by atoms with Gasteiger partial charge >= 0.3 is 5.97 Å². The summed E-state index contributed by atoms with van der Waals surface area (Å²) in [5.74, 6) is -1.30. The molecule has 1 aromatic rings. The molecule has 1 rings (SSSR count). The number of nitrogens with one attached hydrogen (secondary N) is 1. The Balaban J connectivity index is 2.84. The van der Waals surface area contributed by atoms with Gasteiger partial charge in [-0.15, -0.1) is 11.3 Å². The van der Waals surface area contributed by atoms with Crippen LogP contribution in [0.2, 0.25) is 0 Å². The summed E-state index contributed by atoms with van der Waals surface area (Å²) in [6, 6.07) is 1.65. The summed E-state index contributed by atoms with van der Waals surface area (Å²) in [4.78, 5) is 24.1. The molecule has 19 heavy (non-hydrogen) atoms. The van der Waals surface area contributed by atoms with Gasteiger partial charge in [0.05, 0.1) is 23.7 Å². The fourth-order valence-electron chi connectivity index (χ4n) is 1.57. The highest BCUT2D eigenvalue weighted by Gasteiger charge is 2.23. The zero-order chi connectivity index (χ0) is 14.4. The van der Waals surface area contributed by atoms with Crippen molar-refractivity contribution in [3.05, 3.63) is 16.3 Å². The van der Waals surface area contributed by atoms with Crippen LogP contribution in [0.4, 0.5) is 5.69 Å². The Morgan fingerprint density at radius 3 is 2.79 bits per heavy atom. The SMILES string of the molecule is CCCC(C(=O)Nc1ccsc1C(=O)OC)C(N)=S. The Morgan fingerprint density at radius 2 is 2.26 bits per heavy atom. The molecule has 0 fully saturated rings. The van der Waals surface area contributed by atoms with Crippen molar-refractivity contribution in [2.24, 2.45) is 11.7 Å². The molecule has 0 aliphatic carbocycles. The lowest BCUT2D eigenvalue weighted by Crippen LogP contribution is -2.33. The number of esters is 1. The lowest BCUT2D eigenvalue weighted by atomic mass is 10.0. The minimum atomic E-state index is -0.523. The number of rotatable bonds is 6. The fourth-order valence-corrected chi connectivity index (χ4v) is 2.56. The molecule has 1 heterocycles. The van der Waals surface area contributed by atoms with Gasteiger partial charge in [0.1, 0.15) is 4.88 Å². The lowest BCUT2D eigenvalue weighted by Gasteiger charge is -2.14. The van der Waals surface area contributed by atoms with E-state index in [-0.39, 0.29) is 10.9 Å². The molecule has 1 amide bonds. The van der Waals surface area contributed by atoms with Crippen LogP contribution >= 0.6 is 23.6 Å². The van der Waals surface area contributed by atoms with Crippen LogP contribution in [-0.2, 0) is 9.53 Å². The molecule has 1 unspecified atom stereocenters. The average molecular weight is 300 g/mol. The van der Waals surface area contributed by atoms with Gasteiger partial charge < -0.3 is 15.8 Å². The van der Waals surface area contributed by atoms with Gasteiger partial charge in [-0.2, -0.15) is 0 Å². The van der Waals surface area contributed by atoms with E-state index < -0.39 is 11.9 Å². The van der Waals surface area contributed by atoms with Gasteiger partial charge in [-0.1, -0.05) is 25.6 Å². The molecule has 0 bridgehead atoms. The summed E-state index contributed by atoms with van der Waals surface area (Å²) in [6.07, 6.45) is 1.38. The highest BCUT2D eigenvalue weighted by molar-refractivity contribution is 7.80. The number of anilines is 1. The largest absolute Gasteiger partial charge is 0.465 e. The number of carbonyl (C=O) groups excluding carboxylic acids is 2. The third kappa shape index (κ3) is 4.00. The van der Waals surface area contributed by atoms with Crippen LogP contribution in [0.25, 0.3) is 0 Å². The molecule has 0 spiro atoms. The summed E-state index contributed by atoms with van der Waals surface area (Å²) in [6.45, 7) is 1.95. The van der Waals surface area contributed by atoms with Crippen molar-refractivity contribution in [1.29, 1.82) is 0 Å². The van der Waals surface area contributed by atoms with Gasteiger partial charge in [0.15, 0.2) is 0 Å². The molecule has 104 valence electrons. The molecule has 0 saturated heterocycles. The van der Waals surface area contributed by atoms with E-state index in [4.69, 9.17) is 18.0 Å². The van der Waals surface area contributed by atoms with Gasteiger partial charge in [0, 0.05) is 0 Å². The van der Waals surface area contributed by atoms with Crippen molar-refractivity contribution in [3.8, 4) is 0 Å². The van der Waals surface area contributed by atoms with E-state index in [0.717, 1.165) is 6.42 Å². The van der Waals surface area contributed by atoms with Crippen molar-refractivity contribution >= 4 is 46.1 Å². The topological polar surface area (TPSA) is 81.4 Å². The van der Waals surface area contributed by atoms with Crippen LogP contribution in [0.5, 0.6) is 0 Å². The number of methoxy groups -OCH3 is 1. The van der Waals surface area contributed by atoms with Crippen molar-refractivity contribution in [3.63, 3.8) is 0 Å². The first-order valence-corrected chi connectivity index (χ1v) is 7.06. The molecule has 0 aliphatic rings. The van der Waals surface area contributed by atoms with E-state index in [1.165, 1.54) is 18.4 Å². The van der Waals surface area contributed by atoms with Crippen LogP contribution in [0.15, 0.2) is 11.4 Å². The number of carbonyl (C=O) groups is 2. The maximum Gasteiger partial charge on any atom is 0.350 e. The zero-order valence-corrected chi connectivity index (χ0v) is 12.4. The van der Waals surface area contributed by atoms with Gasteiger partial charge in [0.25, 0.3) is 0 Å². The number of ether oxygens (including phenoxy) is 1. The monoisotopic (exact) mass is 300 g/mol. The summed E-state index contributed by atoms with van der Waals surface area (Å²) >= 11 is 6.09. The van der Waals surface area contributed by atoms with E-state index in [2.05, 4.69) is 10.1 Å². The first-order chi connectivity index (χ1) is 9.01.